The summed E-state index contributed by atoms with van der Waals surface area (Å²) in [6.45, 7) is 1.87. The van der Waals surface area contributed by atoms with E-state index >= 15 is 0 Å². The van der Waals surface area contributed by atoms with Crippen LogP contribution >= 0.6 is 23.4 Å². The fourth-order valence-corrected chi connectivity index (χ4v) is 7.16. The number of carbonyl (C=O) groups is 1. The largest absolute Gasteiger partial charge is 0.370 e. The van der Waals surface area contributed by atoms with Crippen molar-refractivity contribution < 1.29 is 17.2 Å². The molecule has 0 radical (unpaired) electrons. The molecule has 1 amide bonds. The summed E-state index contributed by atoms with van der Waals surface area (Å²) >= 11 is 7.37. The number of hydrogen-bond acceptors (Lipinski definition) is 5. The number of piperidine rings is 1. The van der Waals surface area contributed by atoms with Crippen molar-refractivity contribution >= 4 is 61.7 Å². The fraction of sp³-hybridized carbons (Fsp3) is 0.231. The van der Waals surface area contributed by atoms with Crippen LogP contribution in [0, 0.1) is 0 Å². The number of carbonyl (C=O) groups excluding carboxylic acids is 1. The molecule has 0 saturated carbocycles. The standard InChI is InChI=1S/C26H25ClN4O3S2/c27-19-13-14-23(30-15-7-2-8-16-30)22(17-19)28-25(32)18-35-26-29-21-11-5-6-12-24(21)31(26)36(33,34)20-9-3-1-4-10-20/h1,3-6,9-14,17H,2,7-8,15-16,18H2,(H,28,32)/p+1. The molecule has 2 N–H and O–H groups in total. The van der Waals surface area contributed by atoms with Gasteiger partial charge in [-0.3, -0.25) is 4.79 Å². The van der Waals surface area contributed by atoms with Gasteiger partial charge >= 0.3 is 15.2 Å². The number of H-pyrrole nitrogens is 1. The number of aromatic amines is 1. The molecule has 0 bridgehead atoms. The van der Waals surface area contributed by atoms with Gasteiger partial charge in [-0.1, -0.05) is 41.9 Å². The second-order valence-electron chi connectivity index (χ2n) is 8.58. The second-order valence-corrected chi connectivity index (χ2v) is 11.8. The van der Waals surface area contributed by atoms with Crippen molar-refractivity contribution in [1.29, 1.82) is 0 Å². The molecule has 7 nitrogen and oxygen atoms in total. The van der Waals surface area contributed by atoms with E-state index in [-0.39, 0.29) is 16.6 Å². The van der Waals surface area contributed by atoms with Crippen LogP contribution in [-0.4, -0.2) is 38.2 Å². The molecule has 0 aliphatic carbocycles. The Labute approximate surface area is 219 Å². The summed E-state index contributed by atoms with van der Waals surface area (Å²) in [5.41, 5.74) is 2.80. The number of aromatic nitrogens is 2. The molecular weight excluding hydrogens is 516 g/mol. The van der Waals surface area contributed by atoms with Crippen molar-refractivity contribution in [1.82, 2.24) is 4.98 Å². The number of nitrogens with zero attached hydrogens (tertiary/aromatic N) is 2. The third kappa shape index (κ3) is 5.09. The van der Waals surface area contributed by atoms with Gasteiger partial charge in [0.2, 0.25) is 5.91 Å². The van der Waals surface area contributed by atoms with Crippen LogP contribution in [0.3, 0.4) is 0 Å². The number of hydrogen-bond donors (Lipinski definition) is 2. The molecule has 0 unspecified atom stereocenters. The zero-order chi connectivity index (χ0) is 25.1. The van der Waals surface area contributed by atoms with Gasteiger partial charge in [0.1, 0.15) is 4.90 Å². The van der Waals surface area contributed by atoms with Crippen LogP contribution in [0.15, 0.2) is 82.8 Å². The third-order valence-corrected chi connectivity index (χ3v) is 9.14. The van der Waals surface area contributed by atoms with Crippen molar-refractivity contribution in [2.45, 2.75) is 29.3 Å². The summed E-state index contributed by atoms with van der Waals surface area (Å²) in [7, 11) is -3.88. The highest BCUT2D eigenvalue weighted by Gasteiger charge is 2.32. The first-order chi connectivity index (χ1) is 17.4. The minimum atomic E-state index is -3.88. The fourth-order valence-electron chi connectivity index (χ4n) is 4.40. The predicted molar refractivity (Wildman–Crippen MR) is 144 cm³/mol. The lowest BCUT2D eigenvalue weighted by Crippen LogP contribution is -2.44. The van der Waals surface area contributed by atoms with E-state index in [9.17, 15) is 13.2 Å². The normalized spacial score (nSPS) is 14.2. The van der Waals surface area contributed by atoms with Crippen molar-refractivity contribution in [3.63, 3.8) is 0 Å². The molecule has 3 aromatic carbocycles. The number of halogens is 1. The minimum absolute atomic E-state index is 0.0169. The Morgan fingerprint density at radius 2 is 1.72 bits per heavy atom. The van der Waals surface area contributed by atoms with Crippen LogP contribution < -0.4 is 14.2 Å². The lowest BCUT2D eigenvalue weighted by atomic mass is 10.1. The number of fused-ring (bicyclic) bond motifs is 1. The molecular formula is C26H26ClN4O3S2+. The number of rotatable bonds is 7. The van der Waals surface area contributed by atoms with Gasteiger partial charge in [0.05, 0.1) is 17.1 Å². The van der Waals surface area contributed by atoms with Gasteiger partial charge in [-0.15, -0.1) is 3.97 Å². The van der Waals surface area contributed by atoms with E-state index in [4.69, 9.17) is 11.6 Å². The first-order valence-corrected chi connectivity index (χ1v) is 14.5. The average molecular weight is 542 g/mol. The van der Waals surface area contributed by atoms with Crippen LogP contribution in [-0.2, 0) is 14.8 Å². The Bertz CT molecular complexity index is 1500. The molecule has 186 valence electrons. The van der Waals surface area contributed by atoms with Gasteiger partial charge in [-0.2, -0.15) is 8.42 Å². The molecule has 2 heterocycles. The average Bonchev–Trinajstić information content (AvgIpc) is 3.28. The van der Waals surface area contributed by atoms with E-state index in [0.29, 0.717) is 26.9 Å². The van der Waals surface area contributed by atoms with E-state index in [1.165, 1.54) is 10.4 Å². The molecule has 0 spiro atoms. The number of thioether (sulfide) groups is 1. The summed E-state index contributed by atoms with van der Waals surface area (Å²) < 4.78 is 28.3. The van der Waals surface area contributed by atoms with Gasteiger partial charge in [0, 0.05) is 18.1 Å². The van der Waals surface area contributed by atoms with Crippen LogP contribution in [0.5, 0.6) is 0 Å². The molecule has 1 fully saturated rings. The van der Waals surface area contributed by atoms with Gasteiger partial charge in [0.15, 0.2) is 11.0 Å². The Hall–Kier alpha value is -3.01. The SMILES string of the molecule is O=C(CSc1[nH]c2ccccc2[n+]1S(=O)(=O)c1ccccc1)Nc1cc(Cl)ccc1N1CCCCC1. The zero-order valence-corrected chi connectivity index (χ0v) is 21.9. The molecule has 0 atom stereocenters. The number of imidazole rings is 1. The van der Waals surface area contributed by atoms with E-state index < -0.39 is 10.0 Å². The highest BCUT2D eigenvalue weighted by molar-refractivity contribution is 8.00. The topological polar surface area (TPSA) is 86.1 Å². The zero-order valence-electron chi connectivity index (χ0n) is 19.5. The second kappa shape index (κ2) is 10.5. The highest BCUT2D eigenvalue weighted by Crippen LogP contribution is 2.31. The Balaban J connectivity index is 1.40. The maximum Gasteiger partial charge on any atom is 0.336 e. The summed E-state index contributed by atoms with van der Waals surface area (Å²) in [6.07, 6.45) is 3.43. The quantitative estimate of drug-likeness (QED) is 0.252. The van der Waals surface area contributed by atoms with Crippen molar-refractivity contribution in [3.8, 4) is 0 Å². The monoisotopic (exact) mass is 541 g/mol. The highest BCUT2D eigenvalue weighted by atomic mass is 35.5. The van der Waals surface area contributed by atoms with Crippen LogP contribution in [0.25, 0.3) is 11.0 Å². The summed E-state index contributed by atoms with van der Waals surface area (Å²) in [4.78, 5) is 18.6. The first-order valence-electron chi connectivity index (χ1n) is 11.7. The van der Waals surface area contributed by atoms with Crippen molar-refractivity contribution in [3.05, 3.63) is 77.8 Å². The molecule has 4 aromatic rings. The predicted octanol–water partition coefficient (Wildman–Crippen LogP) is 5.07. The smallest absolute Gasteiger partial charge is 0.336 e. The van der Waals surface area contributed by atoms with Gasteiger partial charge in [0.25, 0.3) is 0 Å². The lowest BCUT2D eigenvalue weighted by Gasteiger charge is -2.30. The van der Waals surface area contributed by atoms with Crippen molar-refractivity contribution in [2.75, 3.05) is 29.1 Å². The van der Waals surface area contributed by atoms with E-state index in [0.717, 1.165) is 43.4 Å². The number of benzene rings is 3. The van der Waals surface area contributed by atoms with Gasteiger partial charge in [-0.25, -0.2) is 4.98 Å². The summed E-state index contributed by atoms with van der Waals surface area (Å²) in [6, 6.07) is 21.0. The number of anilines is 2. The Kier molecular flexibility index (Phi) is 7.22. The summed E-state index contributed by atoms with van der Waals surface area (Å²) in [5.74, 6) is -0.230. The van der Waals surface area contributed by atoms with Crippen LogP contribution in [0.2, 0.25) is 5.02 Å². The van der Waals surface area contributed by atoms with Gasteiger partial charge < -0.3 is 10.2 Å². The number of nitrogens with one attached hydrogen (secondary N) is 2. The number of para-hydroxylation sites is 2. The Morgan fingerprint density at radius 1 is 1.00 bits per heavy atom. The van der Waals surface area contributed by atoms with Crippen LogP contribution in [0.4, 0.5) is 11.4 Å². The molecule has 1 aliphatic heterocycles. The maximum absolute atomic E-state index is 13.5. The maximum atomic E-state index is 13.5. The molecule has 36 heavy (non-hydrogen) atoms. The molecule has 10 heteroatoms. The Morgan fingerprint density at radius 3 is 2.50 bits per heavy atom. The van der Waals surface area contributed by atoms with E-state index in [1.807, 2.05) is 24.3 Å². The van der Waals surface area contributed by atoms with Gasteiger partial charge in [-0.05, 0) is 73.5 Å². The molecule has 1 aliphatic rings. The molecule has 5 rings (SSSR count). The lowest BCUT2D eigenvalue weighted by molar-refractivity contribution is -0.526. The number of amides is 1. The minimum Gasteiger partial charge on any atom is -0.370 e. The van der Waals surface area contributed by atoms with Crippen molar-refractivity contribution in [2.24, 2.45) is 0 Å². The van der Waals surface area contributed by atoms with E-state index in [2.05, 4.69) is 15.2 Å². The first kappa shape index (κ1) is 24.7. The van der Waals surface area contributed by atoms with E-state index in [1.54, 1.807) is 48.5 Å². The van der Waals surface area contributed by atoms with Crippen LogP contribution in [0.1, 0.15) is 19.3 Å². The molecule has 1 aromatic heterocycles. The third-order valence-electron chi connectivity index (χ3n) is 6.10. The summed E-state index contributed by atoms with van der Waals surface area (Å²) in [5, 5.41) is 3.89. The molecule has 1 saturated heterocycles.